The lowest BCUT2D eigenvalue weighted by atomic mass is 10.3. The topological polar surface area (TPSA) is 12.0 Å². The fourth-order valence-electron chi connectivity index (χ4n) is 0.378. The van der Waals surface area contributed by atoms with E-state index in [4.69, 9.17) is 0 Å². The van der Waals surface area contributed by atoms with E-state index in [9.17, 15) is 0 Å². The van der Waals surface area contributed by atoms with Gasteiger partial charge >= 0.3 is 0 Å². The Morgan fingerprint density at radius 3 is 2.50 bits per heavy atom. The second kappa shape index (κ2) is 4.69. The van der Waals surface area contributed by atoms with Crippen molar-refractivity contribution in [2.75, 3.05) is 6.54 Å². The van der Waals surface area contributed by atoms with Crippen LogP contribution in [-0.2, 0) is 0 Å². The van der Waals surface area contributed by atoms with Gasteiger partial charge in [-0.25, -0.2) is 0 Å². The third-order valence-corrected chi connectivity index (χ3v) is 1.11. The lowest BCUT2D eigenvalue weighted by Crippen LogP contribution is -2.02. The lowest BCUT2D eigenvalue weighted by Gasteiger charge is -1.95. The molecule has 0 amide bonds. The van der Waals surface area contributed by atoms with Crippen LogP contribution in [0.4, 0.5) is 0 Å². The summed E-state index contributed by atoms with van der Waals surface area (Å²) >= 11 is 0. The molecular weight excluding hydrogens is 98.1 g/mol. The van der Waals surface area contributed by atoms with E-state index in [1.807, 2.05) is 0 Å². The van der Waals surface area contributed by atoms with Gasteiger partial charge in [0.2, 0.25) is 0 Å². The van der Waals surface area contributed by atoms with Gasteiger partial charge in [0.15, 0.2) is 0 Å². The van der Waals surface area contributed by atoms with Gasteiger partial charge in [0, 0.05) is 6.54 Å². The molecule has 0 aromatic heterocycles. The zero-order chi connectivity index (χ0) is 6.41. The predicted molar refractivity (Wildman–Crippen MR) is 37.7 cm³/mol. The van der Waals surface area contributed by atoms with Crippen LogP contribution in [0.1, 0.15) is 27.2 Å². The van der Waals surface area contributed by atoms with E-state index in [1.54, 1.807) is 0 Å². The van der Waals surface area contributed by atoms with E-state index in [0.29, 0.717) is 0 Å². The molecule has 0 saturated heterocycles. The maximum absolute atomic E-state index is 3.14. The summed E-state index contributed by atoms with van der Waals surface area (Å²) in [7, 11) is 0. The third-order valence-electron chi connectivity index (χ3n) is 1.11. The molecule has 48 valence electrons. The van der Waals surface area contributed by atoms with Crippen LogP contribution < -0.4 is 5.32 Å². The molecule has 1 nitrogen and oxygen atoms in total. The summed E-state index contributed by atoms with van der Waals surface area (Å²) in [6.07, 6.45) is 3.22. The summed E-state index contributed by atoms with van der Waals surface area (Å²) in [4.78, 5) is 0. The van der Waals surface area contributed by atoms with E-state index in [-0.39, 0.29) is 0 Å². The van der Waals surface area contributed by atoms with Crippen LogP contribution in [0.15, 0.2) is 11.8 Å². The molecule has 0 aliphatic rings. The number of hydrogen-bond donors (Lipinski definition) is 1. The number of nitrogens with one attached hydrogen (secondary N) is 1. The van der Waals surface area contributed by atoms with Gasteiger partial charge in [-0.05, 0) is 26.5 Å². The van der Waals surface area contributed by atoms with Crippen molar-refractivity contribution in [3.05, 3.63) is 11.8 Å². The molecule has 0 rings (SSSR count). The Bertz CT molecular complexity index is 74.5. The highest BCUT2D eigenvalue weighted by Gasteiger charge is 1.78. The highest BCUT2D eigenvalue weighted by molar-refractivity contribution is 4.94. The molecule has 0 bridgehead atoms. The minimum absolute atomic E-state index is 1.03. The molecule has 0 atom stereocenters. The van der Waals surface area contributed by atoms with Crippen LogP contribution in [0.2, 0.25) is 0 Å². The molecule has 0 spiro atoms. The van der Waals surface area contributed by atoms with Gasteiger partial charge in [-0.1, -0.05) is 12.5 Å². The Morgan fingerprint density at radius 1 is 1.50 bits per heavy atom. The molecule has 0 saturated carbocycles. The van der Waals surface area contributed by atoms with Gasteiger partial charge in [0.1, 0.15) is 0 Å². The smallest absolute Gasteiger partial charge is 0.0113 e. The van der Waals surface area contributed by atoms with E-state index in [0.717, 1.165) is 13.0 Å². The SMILES string of the molecule is CCN/C=C(\C)CC. The molecule has 0 unspecified atom stereocenters. The minimum atomic E-state index is 1.03. The standard InChI is InChI=1S/C7H15N/c1-4-7(3)6-8-5-2/h6,8H,4-5H2,1-3H3/b7-6+. The lowest BCUT2D eigenvalue weighted by molar-refractivity contribution is 0.894. The first-order valence-corrected chi connectivity index (χ1v) is 3.20. The van der Waals surface area contributed by atoms with Gasteiger partial charge in [-0.2, -0.15) is 0 Å². The molecule has 0 fully saturated rings. The highest BCUT2D eigenvalue weighted by atomic mass is 14.8. The Kier molecular flexibility index (Phi) is 4.42. The highest BCUT2D eigenvalue weighted by Crippen LogP contribution is 1.93. The summed E-state index contributed by atoms with van der Waals surface area (Å²) in [5.74, 6) is 0. The average molecular weight is 113 g/mol. The van der Waals surface area contributed by atoms with Crippen LogP contribution in [0, 0.1) is 0 Å². The number of hydrogen-bond acceptors (Lipinski definition) is 1. The van der Waals surface area contributed by atoms with E-state index in [2.05, 4.69) is 32.3 Å². The largest absolute Gasteiger partial charge is 0.391 e. The van der Waals surface area contributed by atoms with Gasteiger partial charge in [-0.3, -0.25) is 0 Å². The van der Waals surface area contributed by atoms with Crippen molar-refractivity contribution in [2.45, 2.75) is 27.2 Å². The molecular formula is C7H15N. The summed E-state index contributed by atoms with van der Waals surface area (Å²) in [5, 5.41) is 3.14. The summed E-state index contributed by atoms with van der Waals surface area (Å²) < 4.78 is 0. The van der Waals surface area contributed by atoms with Crippen molar-refractivity contribution in [3.8, 4) is 0 Å². The monoisotopic (exact) mass is 113 g/mol. The molecule has 0 radical (unpaired) electrons. The number of allylic oxidation sites excluding steroid dienone is 1. The van der Waals surface area contributed by atoms with Crippen molar-refractivity contribution in [3.63, 3.8) is 0 Å². The van der Waals surface area contributed by atoms with Crippen molar-refractivity contribution in [1.82, 2.24) is 5.32 Å². The van der Waals surface area contributed by atoms with Gasteiger partial charge in [-0.15, -0.1) is 0 Å². The van der Waals surface area contributed by atoms with Crippen LogP contribution >= 0.6 is 0 Å². The normalized spacial score (nSPS) is 11.6. The first-order valence-electron chi connectivity index (χ1n) is 3.20. The third kappa shape index (κ3) is 3.72. The number of rotatable bonds is 3. The molecule has 1 N–H and O–H groups in total. The Hall–Kier alpha value is -0.460. The zero-order valence-corrected chi connectivity index (χ0v) is 5.99. The molecule has 0 aromatic rings. The molecule has 0 aromatic carbocycles. The average Bonchev–Trinajstić information content (AvgIpc) is 1.83. The molecule has 0 aliphatic heterocycles. The fourth-order valence-corrected chi connectivity index (χ4v) is 0.378. The second-order valence-corrected chi connectivity index (χ2v) is 1.90. The van der Waals surface area contributed by atoms with Crippen LogP contribution in [0.5, 0.6) is 0 Å². The van der Waals surface area contributed by atoms with Crippen molar-refractivity contribution in [1.29, 1.82) is 0 Å². The van der Waals surface area contributed by atoms with Crippen molar-refractivity contribution < 1.29 is 0 Å². The van der Waals surface area contributed by atoms with E-state index >= 15 is 0 Å². The van der Waals surface area contributed by atoms with E-state index < -0.39 is 0 Å². The maximum atomic E-state index is 3.14. The van der Waals surface area contributed by atoms with Crippen LogP contribution in [0.25, 0.3) is 0 Å². The molecule has 1 heteroatoms. The van der Waals surface area contributed by atoms with E-state index in [1.165, 1.54) is 5.57 Å². The van der Waals surface area contributed by atoms with Crippen molar-refractivity contribution >= 4 is 0 Å². The summed E-state index contributed by atoms with van der Waals surface area (Å²) in [6, 6.07) is 0. The Balaban J connectivity index is 3.26. The van der Waals surface area contributed by atoms with Crippen LogP contribution in [-0.4, -0.2) is 6.54 Å². The molecule has 0 aliphatic carbocycles. The second-order valence-electron chi connectivity index (χ2n) is 1.90. The quantitative estimate of drug-likeness (QED) is 0.589. The molecule has 8 heavy (non-hydrogen) atoms. The Labute approximate surface area is 51.8 Å². The first-order chi connectivity index (χ1) is 3.81. The maximum Gasteiger partial charge on any atom is 0.0113 e. The Morgan fingerprint density at radius 2 is 2.12 bits per heavy atom. The minimum Gasteiger partial charge on any atom is -0.391 e. The zero-order valence-electron chi connectivity index (χ0n) is 5.99. The predicted octanol–water partition coefficient (Wildman–Crippen LogP) is 1.91. The summed E-state index contributed by atoms with van der Waals surface area (Å²) in [5.41, 5.74) is 1.41. The fraction of sp³-hybridized carbons (Fsp3) is 0.714. The van der Waals surface area contributed by atoms with Gasteiger partial charge in [0.05, 0.1) is 0 Å². The van der Waals surface area contributed by atoms with Crippen LogP contribution in [0.3, 0.4) is 0 Å². The van der Waals surface area contributed by atoms with Crippen molar-refractivity contribution in [2.24, 2.45) is 0 Å². The van der Waals surface area contributed by atoms with Gasteiger partial charge < -0.3 is 5.32 Å². The first kappa shape index (κ1) is 7.54. The van der Waals surface area contributed by atoms with Gasteiger partial charge in [0.25, 0.3) is 0 Å². The molecule has 0 heterocycles. The summed E-state index contributed by atoms with van der Waals surface area (Å²) in [6.45, 7) is 7.41.